The molecular formula is C11H13N3O3S2. The molecule has 0 spiro atoms. The van der Waals surface area contributed by atoms with Gasteiger partial charge in [0.2, 0.25) is 0 Å². The Hall–Kier alpha value is -1.38. The zero-order valence-electron chi connectivity index (χ0n) is 10.2. The van der Waals surface area contributed by atoms with Gasteiger partial charge in [0, 0.05) is 28.6 Å². The summed E-state index contributed by atoms with van der Waals surface area (Å²) in [5.41, 5.74) is 6.80. The van der Waals surface area contributed by atoms with Crippen molar-refractivity contribution in [1.82, 2.24) is 9.38 Å². The third kappa shape index (κ3) is 3.14. The molecule has 1 atom stereocenters. The van der Waals surface area contributed by atoms with Gasteiger partial charge in [-0.25, -0.2) is 4.98 Å². The number of carboxylic acid groups (broad SMARTS) is 1. The molecule has 0 fully saturated rings. The van der Waals surface area contributed by atoms with Crippen LogP contribution in [0.15, 0.2) is 16.2 Å². The number of hydrogen-bond donors (Lipinski definition) is 2. The summed E-state index contributed by atoms with van der Waals surface area (Å²) >= 11 is 2.77. The molecule has 0 bridgehead atoms. The summed E-state index contributed by atoms with van der Waals surface area (Å²) in [5, 5.41) is 10.5. The van der Waals surface area contributed by atoms with Gasteiger partial charge < -0.3 is 10.8 Å². The Labute approximate surface area is 117 Å². The van der Waals surface area contributed by atoms with E-state index in [4.69, 9.17) is 10.8 Å². The van der Waals surface area contributed by atoms with E-state index in [0.29, 0.717) is 22.2 Å². The van der Waals surface area contributed by atoms with Crippen LogP contribution in [0.4, 0.5) is 0 Å². The van der Waals surface area contributed by atoms with Gasteiger partial charge in [-0.05, 0) is 6.92 Å². The van der Waals surface area contributed by atoms with Crippen molar-refractivity contribution in [1.29, 1.82) is 0 Å². The number of nitrogens with zero attached hydrogens (tertiary/aromatic N) is 2. The van der Waals surface area contributed by atoms with Crippen LogP contribution in [0, 0.1) is 6.92 Å². The van der Waals surface area contributed by atoms with Crippen molar-refractivity contribution >= 4 is 34.0 Å². The summed E-state index contributed by atoms with van der Waals surface area (Å²) in [5.74, 6) is -0.256. The smallest absolute Gasteiger partial charge is 0.321 e. The lowest BCUT2D eigenvalue weighted by Gasteiger charge is -2.05. The zero-order chi connectivity index (χ0) is 14.0. The summed E-state index contributed by atoms with van der Waals surface area (Å²) in [6.07, 6.45) is 0. The van der Waals surface area contributed by atoms with Crippen molar-refractivity contribution in [2.45, 2.75) is 18.7 Å². The molecule has 2 aromatic heterocycles. The van der Waals surface area contributed by atoms with Crippen molar-refractivity contribution in [2.24, 2.45) is 5.73 Å². The molecule has 0 amide bonds. The van der Waals surface area contributed by atoms with Crippen LogP contribution in [0.25, 0.3) is 4.96 Å². The number of thiazole rings is 1. The van der Waals surface area contributed by atoms with E-state index in [0.717, 1.165) is 5.69 Å². The highest BCUT2D eigenvalue weighted by molar-refractivity contribution is 7.98. The van der Waals surface area contributed by atoms with Gasteiger partial charge in [0.25, 0.3) is 5.56 Å². The number of aromatic nitrogens is 2. The number of rotatable bonds is 5. The monoisotopic (exact) mass is 299 g/mol. The Balaban J connectivity index is 2.10. The average Bonchev–Trinajstić information content (AvgIpc) is 2.71. The fourth-order valence-electron chi connectivity index (χ4n) is 1.54. The molecule has 0 aliphatic rings. The fourth-order valence-corrected chi connectivity index (χ4v) is 3.30. The third-order valence-electron chi connectivity index (χ3n) is 2.49. The number of aryl methyl sites for hydroxylation is 1. The maximum atomic E-state index is 11.9. The molecule has 102 valence electrons. The lowest BCUT2D eigenvalue weighted by molar-refractivity contribution is -0.137. The number of aliphatic carboxylic acids is 1. The third-order valence-corrected chi connectivity index (χ3v) is 4.53. The van der Waals surface area contributed by atoms with Crippen molar-refractivity contribution in [3.8, 4) is 0 Å². The molecule has 0 saturated carbocycles. The van der Waals surface area contributed by atoms with Crippen LogP contribution < -0.4 is 11.3 Å². The van der Waals surface area contributed by atoms with E-state index in [2.05, 4.69) is 4.98 Å². The second-order valence-electron chi connectivity index (χ2n) is 4.04. The molecule has 6 nitrogen and oxygen atoms in total. The van der Waals surface area contributed by atoms with Crippen molar-refractivity contribution in [3.63, 3.8) is 0 Å². The predicted molar refractivity (Wildman–Crippen MR) is 75.8 cm³/mol. The molecule has 0 saturated heterocycles. The summed E-state index contributed by atoms with van der Waals surface area (Å²) in [6.45, 7) is 1.85. The minimum Gasteiger partial charge on any atom is -0.480 e. The Morgan fingerprint density at radius 3 is 3.11 bits per heavy atom. The van der Waals surface area contributed by atoms with Crippen LogP contribution >= 0.6 is 23.1 Å². The first-order valence-corrected chi connectivity index (χ1v) is 7.55. The highest BCUT2D eigenvalue weighted by Gasteiger charge is 2.12. The Bertz CT molecular complexity index is 665. The summed E-state index contributed by atoms with van der Waals surface area (Å²) in [7, 11) is 0. The number of carboxylic acids is 1. The van der Waals surface area contributed by atoms with E-state index in [9.17, 15) is 9.59 Å². The number of fused-ring (bicyclic) bond motifs is 1. The highest BCUT2D eigenvalue weighted by atomic mass is 32.2. The first-order chi connectivity index (χ1) is 8.99. The standard InChI is InChI=1S/C11H13N3O3S2/c1-6-3-19-11-13-7(2-9(15)14(6)11)4-18-5-8(12)10(16)17/h2-3,8H,4-5,12H2,1H3,(H,16,17)/t8-/m0/s1. The predicted octanol–water partition coefficient (Wildman–Crippen LogP) is 0.710. The quantitative estimate of drug-likeness (QED) is 0.844. The SMILES string of the molecule is Cc1csc2nc(CSC[C@H](N)C(=O)O)cc(=O)n12. The summed E-state index contributed by atoms with van der Waals surface area (Å²) < 4.78 is 1.56. The fraction of sp³-hybridized carbons (Fsp3) is 0.364. The van der Waals surface area contributed by atoms with Gasteiger partial charge in [-0.15, -0.1) is 11.3 Å². The van der Waals surface area contributed by atoms with Gasteiger partial charge in [-0.3, -0.25) is 14.0 Å². The number of nitrogens with two attached hydrogens (primary N) is 1. The van der Waals surface area contributed by atoms with Crippen LogP contribution in [-0.2, 0) is 10.5 Å². The van der Waals surface area contributed by atoms with Crippen molar-refractivity contribution in [2.75, 3.05) is 5.75 Å². The van der Waals surface area contributed by atoms with E-state index < -0.39 is 12.0 Å². The van der Waals surface area contributed by atoms with Crippen LogP contribution in [-0.4, -0.2) is 32.3 Å². The van der Waals surface area contributed by atoms with Crippen LogP contribution in [0.2, 0.25) is 0 Å². The normalized spacial score (nSPS) is 12.7. The molecule has 0 unspecified atom stereocenters. The van der Waals surface area contributed by atoms with Gasteiger partial charge in [-0.2, -0.15) is 11.8 Å². The Kier molecular flexibility index (Phi) is 4.23. The molecule has 2 heterocycles. The largest absolute Gasteiger partial charge is 0.480 e. The van der Waals surface area contributed by atoms with Crippen molar-refractivity contribution in [3.05, 3.63) is 33.2 Å². The van der Waals surface area contributed by atoms with E-state index in [1.54, 1.807) is 4.40 Å². The highest BCUT2D eigenvalue weighted by Crippen LogP contribution is 2.15. The number of carbonyl (C=O) groups is 1. The van der Waals surface area contributed by atoms with Crippen LogP contribution in [0.3, 0.4) is 0 Å². The summed E-state index contributed by atoms with van der Waals surface area (Å²) in [6, 6.07) is 0.588. The second-order valence-corrected chi connectivity index (χ2v) is 5.91. The molecule has 8 heteroatoms. The zero-order valence-corrected chi connectivity index (χ0v) is 11.8. The van der Waals surface area contributed by atoms with Gasteiger partial charge in [0.05, 0.1) is 5.69 Å². The number of hydrogen-bond acceptors (Lipinski definition) is 6. The maximum Gasteiger partial charge on any atom is 0.321 e. The van der Waals surface area contributed by atoms with Gasteiger partial charge in [-0.1, -0.05) is 0 Å². The molecule has 19 heavy (non-hydrogen) atoms. The topological polar surface area (TPSA) is 97.7 Å². The molecule has 0 aromatic carbocycles. The minimum atomic E-state index is -1.02. The second kappa shape index (κ2) is 5.72. The Morgan fingerprint density at radius 1 is 1.68 bits per heavy atom. The van der Waals surface area contributed by atoms with E-state index >= 15 is 0 Å². The molecule has 0 aliphatic carbocycles. The van der Waals surface area contributed by atoms with Gasteiger partial charge in [0.15, 0.2) is 4.96 Å². The molecular weight excluding hydrogens is 286 g/mol. The maximum absolute atomic E-state index is 11.9. The van der Waals surface area contributed by atoms with E-state index in [1.165, 1.54) is 29.2 Å². The van der Waals surface area contributed by atoms with Crippen LogP contribution in [0.1, 0.15) is 11.4 Å². The first kappa shape index (κ1) is 14.0. The van der Waals surface area contributed by atoms with E-state index in [1.807, 2.05) is 12.3 Å². The van der Waals surface area contributed by atoms with Gasteiger partial charge >= 0.3 is 5.97 Å². The van der Waals surface area contributed by atoms with E-state index in [-0.39, 0.29) is 5.56 Å². The van der Waals surface area contributed by atoms with Gasteiger partial charge in [0.1, 0.15) is 6.04 Å². The lowest BCUT2D eigenvalue weighted by Crippen LogP contribution is -2.32. The molecule has 2 rings (SSSR count). The molecule has 2 aromatic rings. The molecule has 0 radical (unpaired) electrons. The molecule has 3 N–H and O–H groups in total. The number of thioether (sulfide) groups is 1. The average molecular weight is 299 g/mol. The van der Waals surface area contributed by atoms with Crippen molar-refractivity contribution < 1.29 is 9.90 Å². The lowest BCUT2D eigenvalue weighted by atomic mass is 10.4. The van der Waals surface area contributed by atoms with Crippen LogP contribution in [0.5, 0.6) is 0 Å². The minimum absolute atomic E-state index is 0.109. The Morgan fingerprint density at radius 2 is 2.42 bits per heavy atom. The summed E-state index contributed by atoms with van der Waals surface area (Å²) in [4.78, 5) is 27.5. The first-order valence-electron chi connectivity index (χ1n) is 5.52. The molecule has 0 aliphatic heterocycles.